The summed E-state index contributed by atoms with van der Waals surface area (Å²) in [5.41, 5.74) is 1.08. The van der Waals surface area contributed by atoms with E-state index in [-0.39, 0.29) is 0 Å². The Morgan fingerprint density at radius 1 is 1.07 bits per heavy atom. The van der Waals surface area contributed by atoms with Gasteiger partial charge < -0.3 is 0 Å². The van der Waals surface area contributed by atoms with Crippen LogP contribution < -0.4 is 0 Å². The molecule has 0 nitrogen and oxygen atoms in total. The molecule has 0 bridgehead atoms. The highest BCUT2D eigenvalue weighted by molar-refractivity contribution is 6.28. The number of rotatable bonds is 0. The molecule has 0 saturated carbocycles. The van der Waals surface area contributed by atoms with Gasteiger partial charge in [-0.3, -0.25) is 0 Å². The first-order valence-corrected chi connectivity index (χ1v) is 2.99. The van der Waals surface area contributed by atoms with Crippen molar-refractivity contribution in [2.45, 2.75) is 6.18 Å². The predicted molar refractivity (Wildman–Crippen MR) is 36.0 cm³/mol. The van der Waals surface area contributed by atoms with Crippen molar-refractivity contribution < 1.29 is 30.7 Å². The Balaban J connectivity index is 0. The van der Waals surface area contributed by atoms with E-state index < -0.39 is 23.4 Å². The second kappa shape index (κ2) is 6.50. The third-order valence-electron chi connectivity index (χ3n) is 0.547. The standard InChI is InChI=1S/C4H2F4.C2ClF3/c1-2-3(5)4(6,7)8;3-1(4)2(5)6/h1H2;. The monoisotopic (exact) mass is 242 g/mol. The van der Waals surface area contributed by atoms with E-state index >= 15 is 0 Å². The van der Waals surface area contributed by atoms with E-state index in [0.29, 0.717) is 0 Å². The summed E-state index contributed by atoms with van der Waals surface area (Å²) in [6, 6.07) is 0. The molecule has 0 atom stereocenters. The van der Waals surface area contributed by atoms with Crippen LogP contribution in [0.15, 0.2) is 29.5 Å². The van der Waals surface area contributed by atoms with Gasteiger partial charge in [0.15, 0.2) is 0 Å². The molecule has 0 aliphatic heterocycles. The van der Waals surface area contributed by atoms with E-state index in [1.165, 1.54) is 0 Å². The first-order valence-electron chi connectivity index (χ1n) is 2.62. The minimum atomic E-state index is -4.91. The third kappa shape index (κ3) is 9.15. The number of hydrogen-bond donors (Lipinski definition) is 0. The van der Waals surface area contributed by atoms with E-state index in [1.54, 1.807) is 0 Å². The maximum Gasteiger partial charge on any atom is 0.450 e. The molecule has 82 valence electrons. The molecule has 0 amide bonds. The van der Waals surface area contributed by atoms with Crippen LogP contribution in [-0.2, 0) is 0 Å². The summed E-state index contributed by atoms with van der Waals surface area (Å²) in [7, 11) is 0. The van der Waals surface area contributed by atoms with Crippen LogP contribution in [0.1, 0.15) is 0 Å². The summed E-state index contributed by atoms with van der Waals surface area (Å²) >= 11 is 4.08. The number of alkyl halides is 3. The van der Waals surface area contributed by atoms with Crippen molar-refractivity contribution in [2.24, 2.45) is 0 Å². The second-order valence-corrected chi connectivity index (χ2v) is 1.84. The maximum absolute atomic E-state index is 11.3. The molecule has 0 aromatic rings. The Hall–Kier alpha value is -0.940. The Bertz CT molecular complexity index is 240. The van der Waals surface area contributed by atoms with Crippen molar-refractivity contribution in [3.8, 4) is 0 Å². The van der Waals surface area contributed by atoms with Crippen LogP contribution in [0.4, 0.5) is 30.7 Å². The molecule has 0 N–H and O–H groups in total. The lowest BCUT2D eigenvalue weighted by Crippen LogP contribution is -2.06. The normalized spacial score (nSPS) is 9.43. The fraction of sp³-hybridized carbons (Fsp3) is 0.167. The summed E-state index contributed by atoms with van der Waals surface area (Å²) in [4.78, 5) is 0. The van der Waals surface area contributed by atoms with Gasteiger partial charge >= 0.3 is 12.3 Å². The van der Waals surface area contributed by atoms with Crippen molar-refractivity contribution in [3.63, 3.8) is 0 Å². The summed E-state index contributed by atoms with van der Waals surface area (Å²) in [5, 5.41) is -1.94. The smallest absolute Gasteiger partial charge is 0.193 e. The van der Waals surface area contributed by atoms with Crippen molar-refractivity contribution in [1.82, 2.24) is 0 Å². The van der Waals surface area contributed by atoms with Gasteiger partial charge in [-0.05, 0) is 11.6 Å². The molecular formula is C6H2ClF7. The lowest BCUT2D eigenvalue weighted by atomic mass is 10.5. The van der Waals surface area contributed by atoms with Crippen LogP contribution in [-0.4, -0.2) is 6.18 Å². The van der Waals surface area contributed by atoms with E-state index in [2.05, 4.69) is 18.2 Å². The van der Waals surface area contributed by atoms with Gasteiger partial charge in [-0.2, -0.15) is 30.7 Å². The molecule has 0 aliphatic carbocycles. The summed E-state index contributed by atoms with van der Waals surface area (Å²) in [6.45, 7) is 2.47. The Morgan fingerprint density at radius 2 is 1.36 bits per heavy atom. The van der Waals surface area contributed by atoms with E-state index in [9.17, 15) is 30.7 Å². The van der Waals surface area contributed by atoms with Gasteiger partial charge in [-0.1, -0.05) is 12.3 Å². The van der Waals surface area contributed by atoms with Crippen LogP contribution >= 0.6 is 11.6 Å². The molecule has 0 saturated heterocycles. The van der Waals surface area contributed by atoms with E-state index in [1.807, 2.05) is 0 Å². The molecule has 0 aromatic carbocycles. The molecule has 8 heteroatoms. The second-order valence-electron chi connectivity index (χ2n) is 1.51. The van der Waals surface area contributed by atoms with Crippen molar-refractivity contribution >= 4 is 11.6 Å². The zero-order chi connectivity index (χ0) is 11.9. The highest BCUT2D eigenvalue weighted by atomic mass is 35.5. The number of hydrogen-bond acceptors (Lipinski definition) is 0. The lowest BCUT2D eigenvalue weighted by molar-refractivity contribution is -0.108. The lowest BCUT2D eigenvalue weighted by Gasteiger charge is -1.96. The van der Waals surface area contributed by atoms with Crippen LogP contribution in [0.25, 0.3) is 0 Å². The predicted octanol–water partition coefficient (Wildman–Crippen LogP) is 4.45. The fourth-order valence-electron chi connectivity index (χ4n) is 0.100. The van der Waals surface area contributed by atoms with Crippen molar-refractivity contribution in [3.05, 3.63) is 29.5 Å². The molecule has 0 aromatic heterocycles. The van der Waals surface area contributed by atoms with Crippen LogP contribution in [0.2, 0.25) is 0 Å². The van der Waals surface area contributed by atoms with Gasteiger partial charge in [-0.25, -0.2) is 0 Å². The minimum absolute atomic E-state index is 1.08. The van der Waals surface area contributed by atoms with Gasteiger partial charge in [0.25, 0.3) is 5.29 Å². The van der Waals surface area contributed by atoms with Crippen LogP contribution in [0, 0.1) is 0 Å². The largest absolute Gasteiger partial charge is 0.450 e. The molecule has 0 unspecified atom stereocenters. The van der Waals surface area contributed by atoms with Gasteiger partial charge in [0.05, 0.1) is 0 Å². The minimum Gasteiger partial charge on any atom is -0.193 e. The van der Waals surface area contributed by atoms with E-state index in [0.717, 1.165) is 5.73 Å². The van der Waals surface area contributed by atoms with Gasteiger partial charge in [0.1, 0.15) is 0 Å². The van der Waals surface area contributed by atoms with Crippen molar-refractivity contribution in [2.75, 3.05) is 0 Å². The SMILES string of the molecule is C=C=C(F)C(F)(F)F.FC(F)=C(F)Cl. The average molecular weight is 243 g/mol. The first-order chi connectivity index (χ1) is 6.12. The van der Waals surface area contributed by atoms with E-state index in [4.69, 9.17) is 0 Å². The maximum atomic E-state index is 11.3. The topological polar surface area (TPSA) is 0 Å². The fourth-order valence-corrected chi connectivity index (χ4v) is 0.100. The molecule has 0 aliphatic rings. The summed E-state index contributed by atoms with van der Waals surface area (Å²) in [6.07, 6.45) is -7.39. The van der Waals surface area contributed by atoms with Gasteiger partial charge in [0, 0.05) is 0 Å². The molecule has 0 rings (SSSR count). The summed E-state index contributed by atoms with van der Waals surface area (Å²) < 4.78 is 75.8. The number of allylic oxidation sites excluding steroid dienone is 1. The zero-order valence-corrected chi connectivity index (χ0v) is 6.99. The number of halogens is 8. The molecule has 14 heavy (non-hydrogen) atoms. The van der Waals surface area contributed by atoms with Gasteiger partial charge in [-0.15, -0.1) is 0 Å². The highest BCUT2D eigenvalue weighted by Gasteiger charge is 2.34. The van der Waals surface area contributed by atoms with Crippen molar-refractivity contribution in [1.29, 1.82) is 0 Å². The molecule has 0 fully saturated rings. The average Bonchev–Trinajstić information content (AvgIpc) is 2.02. The highest BCUT2D eigenvalue weighted by Crippen LogP contribution is 2.24. The first kappa shape index (κ1) is 15.5. The third-order valence-corrected chi connectivity index (χ3v) is 0.690. The Labute approximate surface area is 79.0 Å². The zero-order valence-electron chi connectivity index (χ0n) is 6.23. The van der Waals surface area contributed by atoms with Crippen LogP contribution in [0.3, 0.4) is 0 Å². The molecule has 0 heterocycles. The molecular weight excluding hydrogens is 241 g/mol. The Morgan fingerprint density at radius 3 is 1.36 bits per heavy atom. The van der Waals surface area contributed by atoms with Gasteiger partial charge in [0.2, 0.25) is 5.83 Å². The molecule has 0 spiro atoms. The molecule has 0 radical (unpaired) electrons. The Kier molecular flexibility index (Phi) is 7.21. The quantitative estimate of drug-likeness (QED) is 0.435. The van der Waals surface area contributed by atoms with Crippen LogP contribution in [0.5, 0.6) is 0 Å². The summed E-state index contributed by atoms with van der Waals surface area (Å²) in [5.74, 6) is -2.28.